The molecule has 3 aromatic heterocycles. The van der Waals surface area contributed by atoms with Gasteiger partial charge in [-0.3, -0.25) is 19.8 Å². The normalized spacial score (nSPS) is 13.7. The summed E-state index contributed by atoms with van der Waals surface area (Å²) in [5.41, 5.74) is 4.62. The zero-order chi connectivity index (χ0) is 26.6. The van der Waals surface area contributed by atoms with Crippen LogP contribution in [0.15, 0.2) is 67.1 Å². The first-order valence-electron chi connectivity index (χ1n) is 12.8. The van der Waals surface area contributed by atoms with Gasteiger partial charge in [0.25, 0.3) is 5.91 Å². The third-order valence-corrected chi connectivity index (χ3v) is 6.65. The lowest BCUT2D eigenvalue weighted by Crippen LogP contribution is -2.29. The molecule has 0 radical (unpaired) electrons. The molecule has 0 unspecified atom stereocenters. The predicted octanol–water partition coefficient (Wildman–Crippen LogP) is 5.79. The number of ether oxygens (including phenoxy) is 1. The van der Waals surface area contributed by atoms with E-state index >= 15 is 0 Å². The van der Waals surface area contributed by atoms with E-state index < -0.39 is 5.82 Å². The quantitative estimate of drug-likeness (QED) is 0.282. The summed E-state index contributed by atoms with van der Waals surface area (Å²) in [6.45, 7) is 3.14. The van der Waals surface area contributed by atoms with Crippen LogP contribution in [0.1, 0.15) is 35.3 Å². The highest BCUT2D eigenvalue weighted by atomic mass is 19.1. The number of nitrogens with zero attached hydrogens (tertiary/aromatic N) is 4. The second-order valence-electron chi connectivity index (χ2n) is 9.50. The minimum Gasteiger partial charge on any atom is -0.438 e. The maximum Gasteiger partial charge on any atom is 0.276 e. The number of hydrogen-bond donors (Lipinski definition) is 2. The van der Waals surface area contributed by atoms with E-state index in [9.17, 15) is 9.18 Å². The maximum absolute atomic E-state index is 13.3. The molecule has 4 heterocycles. The summed E-state index contributed by atoms with van der Waals surface area (Å²) in [7, 11) is 0. The largest absolute Gasteiger partial charge is 0.438 e. The van der Waals surface area contributed by atoms with Crippen LogP contribution in [0.2, 0.25) is 0 Å². The van der Waals surface area contributed by atoms with Crippen LogP contribution >= 0.6 is 0 Å². The van der Waals surface area contributed by atoms with E-state index in [2.05, 4.69) is 48.6 Å². The minimum atomic E-state index is -0.577. The van der Waals surface area contributed by atoms with Crippen molar-refractivity contribution in [3.8, 4) is 22.8 Å². The fourth-order valence-electron chi connectivity index (χ4n) is 4.74. The Bertz CT molecular complexity index is 1610. The van der Waals surface area contributed by atoms with Gasteiger partial charge in [0.1, 0.15) is 5.75 Å². The molecular weight excluding hydrogens is 495 g/mol. The molecule has 0 atom stereocenters. The Hall–Kier alpha value is -4.81. The summed E-state index contributed by atoms with van der Waals surface area (Å²) in [5.74, 6) is -0.451. The first-order chi connectivity index (χ1) is 19.1. The summed E-state index contributed by atoms with van der Waals surface area (Å²) in [5, 5.41) is 10.7. The number of piperidine rings is 1. The van der Waals surface area contributed by atoms with Crippen LogP contribution in [-0.4, -0.2) is 44.1 Å². The number of H-pyrrole nitrogens is 1. The molecule has 6 rings (SSSR count). The minimum absolute atomic E-state index is 0.248. The van der Waals surface area contributed by atoms with E-state index in [1.54, 1.807) is 12.1 Å². The number of carbonyl (C=O) groups is 1. The number of likely N-dealkylation sites (tertiary alicyclic amines) is 1. The molecule has 1 aliphatic rings. The molecule has 1 fully saturated rings. The second kappa shape index (κ2) is 10.9. The van der Waals surface area contributed by atoms with Crippen LogP contribution in [0.3, 0.4) is 0 Å². The van der Waals surface area contributed by atoms with Crippen LogP contribution in [0.4, 0.5) is 10.1 Å². The van der Waals surface area contributed by atoms with Crippen molar-refractivity contribution >= 4 is 22.5 Å². The molecule has 194 valence electrons. The highest BCUT2D eigenvalue weighted by molar-refractivity contribution is 6.11. The molecule has 1 amide bonds. The van der Waals surface area contributed by atoms with Crippen LogP contribution in [-0.2, 0) is 6.54 Å². The van der Waals surface area contributed by atoms with E-state index in [4.69, 9.17) is 4.74 Å². The number of amides is 1. The van der Waals surface area contributed by atoms with E-state index in [1.165, 1.54) is 43.2 Å². The number of hydrogen-bond acceptors (Lipinski definition) is 6. The van der Waals surface area contributed by atoms with Gasteiger partial charge in [0.05, 0.1) is 17.4 Å². The van der Waals surface area contributed by atoms with E-state index in [0.29, 0.717) is 11.1 Å². The van der Waals surface area contributed by atoms with Gasteiger partial charge >= 0.3 is 0 Å². The van der Waals surface area contributed by atoms with Gasteiger partial charge in [-0.1, -0.05) is 18.6 Å². The Morgan fingerprint density at radius 1 is 1.05 bits per heavy atom. The lowest BCUT2D eigenvalue weighted by Gasteiger charge is -2.26. The molecule has 0 spiro atoms. The third kappa shape index (κ3) is 5.71. The van der Waals surface area contributed by atoms with Gasteiger partial charge in [-0.2, -0.15) is 9.49 Å². The number of anilines is 1. The monoisotopic (exact) mass is 520 g/mol. The zero-order valence-electron chi connectivity index (χ0n) is 21.1. The van der Waals surface area contributed by atoms with Crippen LogP contribution in [0, 0.1) is 17.9 Å². The van der Waals surface area contributed by atoms with Crippen LogP contribution in [0.25, 0.3) is 22.0 Å². The summed E-state index contributed by atoms with van der Waals surface area (Å²) in [6, 6.07) is 18.7. The molecule has 0 saturated carbocycles. The van der Waals surface area contributed by atoms with Crippen molar-refractivity contribution in [3.63, 3.8) is 0 Å². The molecule has 5 aromatic rings. The SMILES string of the molecule is O=C(Nc1ccc(Oc2cc#cc(F)c2)nc1)c1n[nH]c2ccc(-c3cncc(CN4CCCCC4)c3)cc12. The highest BCUT2D eigenvalue weighted by Gasteiger charge is 2.16. The van der Waals surface area contributed by atoms with Gasteiger partial charge in [0.15, 0.2) is 11.5 Å². The predicted molar refractivity (Wildman–Crippen MR) is 145 cm³/mol. The van der Waals surface area contributed by atoms with Crippen molar-refractivity contribution in [3.05, 3.63) is 96.3 Å². The molecule has 8 nitrogen and oxygen atoms in total. The van der Waals surface area contributed by atoms with E-state index in [1.807, 2.05) is 30.6 Å². The number of rotatable bonds is 7. The Balaban J connectivity index is 1.17. The van der Waals surface area contributed by atoms with Gasteiger partial charge < -0.3 is 10.1 Å². The number of nitrogens with one attached hydrogen (secondary N) is 2. The third-order valence-electron chi connectivity index (χ3n) is 6.65. The number of aromatic amines is 1. The van der Waals surface area contributed by atoms with E-state index in [-0.39, 0.29) is 23.2 Å². The van der Waals surface area contributed by atoms with Gasteiger partial charge in [-0.15, -0.1) is 0 Å². The standard InChI is InChI=1S/C30H25FN6O2/c31-23-5-4-6-25(15-23)39-28-10-8-24(18-33-28)34-30(38)29-26-14-21(7-9-27(26)35-36-29)22-13-20(16-32-17-22)19-37-11-2-1-3-12-37/h6-10,13-18H,1-3,11-12,19H2,(H,34,38)(H,35,36). The second-order valence-corrected chi connectivity index (χ2v) is 9.50. The number of benzene rings is 1. The molecule has 0 aliphatic carbocycles. The first-order valence-corrected chi connectivity index (χ1v) is 12.8. The molecule has 1 saturated heterocycles. The van der Waals surface area contributed by atoms with Crippen LogP contribution < -0.4 is 10.1 Å². The maximum atomic E-state index is 13.3. The van der Waals surface area contributed by atoms with Crippen molar-refractivity contribution in [2.75, 3.05) is 18.4 Å². The lowest BCUT2D eigenvalue weighted by molar-refractivity contribution is 0.102. The Kier molecular flexibility index (Phi) is 6.85. The molecule has 2 aromatic carbocycles. The topological polar surface area (TPSA) is 96.0 Å². The molecule has 0 bridgehead atoms. The summed E-state index contributed by atoms with van der Waals surface area (Å²) in [4.78, 5) is 24.2. The number of pyridine rings is 2. The summed E-state index contributed by atoms with van der Waals surface area (Å²) < 4.78 is 18.8. The highest BCUT2D eigenvalue weighted by Crippen LogP contribution is 2.27. The molecule has 39 heavy (non-hydrogen) atoms. The molecular formula is C30H25FN6O2. The first kappa shape index (κ1) is 24.5. The van der Waals surface area contributed by atoms with Gasteiger partial charge in [0.2, 0.25) is 5.88 Å². The van der Waals surface area contributed by atoms with Crippen molar-refractivity contribution in [1.29, 1.82) is 0 Å². The van der Waals surface area contributed by atoms with Crippen molar-refractivity contribution in [1.82, 2.24) is 25.1 Å². The lowest BCUT2D eigenvalue weighted by atomic mass is 10.0. The zero-order valence-corrected chi connectivity index (χ0v) is 21.1. The van der Waals surface area contributed by atoms with Crippen molar-refractivity contribution in [2.24, 2.45) is 0 Å². The Morgan fingerprint density at radius 2 is 1.95 bits per heavy atom. The summed E-state index contributed by atoms with van der Waals surface area (Å²) in [6.07, 6.45) is 9.02. The number of fused-ring (bicyclic) bond motifs is 1. The smallest absolute Gasteiger partial charge is 0.276 e. The van der Waals surface area contributed by atoms with Gasteiger partial charge in [-0.25, -0.2) is 4.98 Å². The van der Waals surface area contributed by atoms with Crippen molar-refractivity contribution < 1.29 is 13.9 Å². The fraction of sp³-hybridized carbons (Fsp3) is 0.200. The Labute approximate surface area is 224 Å². The van der Waals surface area contributed by atoms with Crippen LogP contribution in [0.5, 0.6) is 11.6 Å². The van der Waals surface area contributed by atoms with Gasteiger partial charge in [0, 0.05) is 48.1 Å². The average Bonchev–Trinajstić information content (AvgIpc) is 3.38. The number of aromatic nitrogens is 4. The number of halogens is 1. The molecule has 9 heteroatoms. The molecule has 2 N–H and O–H groups in total. The van der Waals surface area contributed by atoms with E-state index in [0.717, 1.165) is 36.3 Å². The fourth-order valence-corrected chi connectivity index (χ4v) is 4.74. The average molecular weight is 521 g/mol. The molecule has 1 aliphatic heterocycles. The number of carbonyl (C=O) groups excluding carboxylic acids is 1. The Morgan fingerprint density at radius 3 is 2.77 bits per heavy atom. The summed E-state index contributed by atoms with van der Waals surface area (Å²) >= 11 is 0. The van der Waals surface area contributed by atoms with Crippen molar-refractivity contribution in [2.45, 2.75) is 25.8 Å². The van der Waals surface area contributed by atoms with Gasteiger partial charge in [-0.05, 0) is 67.4 Å².